The summed E-state index contributed by atoms with van der Waals surface area (Å²) >= 11 is 0. The van der Waals surface area contributed by atoms with E-state index in [4.69, 9.17) is 10.3 Å². The van der Waals surface area contributed by atoms with E-state index in [-0.39, 0.29) is 0 Å². The number of nitrogens with zero attached hydrogens (tertiary/aromatic N) is 1. The van der Waals surface area contributed by atoms with Crippen molar-refractivity contribution in [2.45, 2.75) is 19.5 Å². The van der Waals surface area contributed by atoms with Gasteiger partial charge >= 0.3 is 0 Å². The minimum Gasteiger partial charge on any atom is -0.381 e. The Balaban J connectivity index is 2.33. The summed E-state index contributed by atoms with van der Waals surface area (Å²) < 4.78 is 18.6. The highest BCUT2D eigenvalue weighted by atomic mass is 19.1. The second kappa shape index (κ2) is 3.63. The van der Waals surface area contributed by atoms with E-state index in [1.54, 1.807) is 30.3 Å². The second-order valence-corrected chi connectivity index (χ2v) is 4.17. The third kappa shape index (κ3) is 2.05. The van der Waals surface area contributed by atoms with Gasteiger partial charge < -0.3 is 10.3 Å². The highest BCUT2D eigenvalue weighted by Gasteiger charge is 2.18. The summed E-state index contributed by atoms with van der Waals surface area (Å²) in [6.07, 6.45) is 0. The average Bonchev–Trinajstić information content (AvgIpc) is 2.64. The first-order chi connectivity index (χ1) is 7.47. The normalized spacial score (nSPS) is 11.7. The van der Waals surface area contributed by atoms with Gasteiger partial charge in [-0.15, -0.1) is 0 Å². The van der Waals surface area contributed by atoms with Crippen LogP contribution >= 0.6 is 0 Å². The van der Waals surface area contributed by atoms with Gasteiger partial charge in [-0.05, 0) is 19.4 Å². The van der Waals surface area contributed by atoms with Gasteiger partial charge in [0.15, 0.2) is 11.6 Å². The fourth-order valence-electron chi connectivity index (χ4n) is 1.46. The number of nitrogens with two attached hydrogens (primary N) is 1. The molecule has 0 saturated heterocycles. The van der Waals surface area contributed by atoms with Crippen LogP contribution in [0.15, 0.2) is 34.9 Å². The zero-order chi connectivity index (χ0) is 11.8. The number of alkyl halides is 1. The van der Waals surface area contributed by atoms with Crippen molar-refractivity contribution in [3.05, 3.63) is 35.9 Å². The minimum atomic E-state index is -1.33. The Morgan fingerprint density at radius 3 is 2.31 bits per heavy atom. The summed E-state index contributed by atoms with van der Waals surface area (Å²) in [5.41, 5.74) is 5.58. The number of benzene rings is 1. The zero-order valence-corrected chi connectivity index (χ0v) is 9.20. The number of anilines is 1. The summed E-state index contributed by atoms with van der Waals surface area (Å²) in [5, 5.41) is 3.59. The van der Waals surface area contributed by atoms with Crippen LogP contribution in [0.5, 0.6) is 0 Å². The molecule has 0 saturated carbocycles. The number of hydrogen-bond acceptors (Lipinski definition) is 3. The van der Waals surface area contributed by atoms with Crippen LogP contribution < -0.4 is 5.73 Å². The number of halogens is 1. The maximum Gasteiger partial charge on any atom is 0.169 e. The van der Waals surface area contributed by atoms with Gasteiger partial charge in [-0.1, -0.05) is 29.4 Å². The first kappa shape index (κ1) is 10.7. The third-order valence-electron chi connectivity index (χ3n) is 2.38. The lowest BCUT2D eigenvalue weighted by atomic mass is 9.98. The molecule has 0 aliphatic heterocycles. The highest BCUT2D eigenvalue weighted by Crippen LogP contribution is 2.27. The van der Waals surface area contributed by atoms with Crippen molar-refractivity contribution < 1.29 is 8.91 Å². The van der Waals surface area contributed by atoms with Crippen molar-refractivity contribution in [1.82, 2.24) is 5.16 Å². The van der Waals surface area contributed by atoms with Crippen molar-refractivity contribution in [3.8, 4) is 11.3 Å². The molecule has 2 rings (SSSR count). The van der Waals surface area contributed by atoms with E-state index in [0.717, 1.165) is 5.56 Å². The fraction of sp³-hybridized carbons (Fsp3) is 0.250. The number of aromatic nitrogens is 1. The van der Waals surface area contributed by atoms with Crippen LogP contribution in [-0.2, 0) is 5.67 Å². The molecule has 0 unspecified atom stereocenters. The Morgan fingerprint density at radius 2 is 1.88 bits per heavy atom. The molecule has 2 N–H and O–H groups in total. The van der Waals surface area contributed by atoms with Crippen molar-refractivity contribution in [3.63, 3.8) is 0 Å². The SMILES string of the molecule is CC(C)(F)c1ccc(-c2cc(N)no2)cc1. The molecule has 0 fully saturated rings. The molecule has 16 heavy (non-hydrogen) atoms. The van der Waals surface area contributed by atoms with Crippen LogP contribution in [0.3, 0.4) is 0 Å². The smallest absolute Gasteiger partial charge is 0.169 e. The molecule has 84 valence electrons. The molecule has 0 bridgehead atoms. The zero-order valence-electron chi connectivity index (χ0n) is 9.20. The minimum absolute atomic E-state index is 0.338. The Hall–Kier alpha value is -1.84. The molecule has 3 nitrogen and oxygen atoms in total. The van der Waals surface area contributed by atoms with Gasteiger partial charge in [-0.2, -0.15) is 0 Å². The van der Waals surface area contributed by atoms with Crippen molar-refractivity contribution in [2.75, 3.05) is 5.73 Å². The lowest BCUT2D eigenvalue weighted by Crippen LogP contribution is -2.08. The molecule has 0 aliphatic carbocycles. The molecule has 0 amide bonds. The predicted molar refractivity (Wildman–Crippen MR) is 60.5 cm³/mol. The molecule has 1 heterocycles. The Kier molecular flexibility index (Phi) is 2.42. The van der Waals surface area contributed by atoms with Crippen LogP contribution in [0.25, 0.3) is 11.3 Å². The first-order valence-corrected chi connectivity index (χ1v) is 4.99. The van der Waals surface area contributed by atoms with Crippen LogP contribution in [-0.4, -0.2) is 5.16 Å². The maximum atomic E-state index is 13.6. The van der Waals surface area contributed by atoms with E-state index in [2.05, 4.69) is 5.16 Å². The monoisotopic (exact) mass is 220 g/mol. The second-order valence-electron chi connectivity index (χ2n) is 4.17. The molecular weight excluding hydrogens is 207 g/mol. The summed E-state index contributed by atoms with van der Waals surface area (Å²) in [4.78, 5) is 0. The maximum absolute atomic E-state index is 13.6. The summed E-state index contributed by atoms with van der Waals surface area (Å²) in [6, 6.07) is 8.67. The largest absolute Gasteiger partial charge is 0.381 e. The molecule has 1 aromatic carbocycles. The van der Waals surface area contributed by atoms with Crippen molar-refractivity contribution in [1.29, 1.82) is 0 Å². The van der Waals surface area contributed by atoms with Crippen molar-refractivity contribution in [2.24, 2.45) is 0 Å². The quantitative estimate of drug-likeness (QED) is 0.845. The van der Waals surface area contributed by atoms with E-state index < -0.39 is 5.67 Å². The molecule has 1 aromatic heterocycles. The van der Waals surface area contributed by atoms with Gasteiger partial charge in [0.05, 0.1) is 0 Å². The lowest BCUT2D eigenvalue weighted by molar-refractivity contribution is 0.221. The number of rotatable bonds is 2. The highest BCUT2D eigenvalue weighted by molar-refractivity contribution is 5.60. The summed E-state index contributed by atoms with van der Waals surface area (Å²) in [5.74, 6) is 0.922. The van der Waals surface area contributed by atoms with E-state index in [1.807, 2.05) is 0 Å². The molecular formula is C12H13FN2O. The van der Waals surface area contributed by atoms with Crippen LogP contribution in [0.4, 0.5) is 10.2 Å². The topological polar surface area (TPSA) is 52.0 Å². The van der Waals surface area contributed by atoms with Gasteiger partial charge in [-0.3, -0.25) is 0 Å². The standard InChI is InChI=1S/C12H13FN2O/c1-12(2,13)9-5-3-8(4-6-9)10-7-11(14)15-16-10/h3-7H,1-2H3,(H2,14,15). The van der Waals surface area contributed by atoms with Gasteiger partial charge in [0.2, 0.25) is 0 Å². The Morgan fingerprint density at radius 1 is 1.25 bits per heavy atom. The van der Waals surface area contributed by atoms with Gasteiger partial charge in [-0.25, -0.2) is 4.39 Å². The van der Waals surface area contributed by atoms with Crippen LogP contribution in [0.1, 0.15) is 19.4 Å². The van der Waals surface area contributed by atoms with Gasteiger partial charge in [0.1, 0.15) is 5.67 Å². The number of nitrogen functional groups attached to an aromatic ring is 1. The lowest BCUT2D eigenvalue weighted by Gasteiger charge is -2.14. The van der Waals surface area contributed by atoms with Crippen LogP contribution in [0.2, 0.25) is 0 Å². The predicted octanol–water partition coefficient (Wildman–Crippen LogP) is 3.13. The molecule has 0 spiro atoms. The first-order valence-electron chi connectivity index (χ1n) is 4.99. The molecule has 2 aromatic rings. The molecule has 0 aliphatic rings. The third-order valence-corrected chi connectivity index (χ3v) is 2.38. The Bertz CT molecular complexity index is 482. The molecule has 0 atom stereocenters. The summed E-state index contributed by atoms with van der Waals surface area (Å²) in [7, 11) is 0. The van der Waals surface area contributed by atoms with E-state index in [1.165, 1.54) is 13.8 Å². The van der Waals surface area contributed by atoms with Gasteiger partial charge in [0, 0.05) is 11.6 Å². The van der Waals surface area contributed by atoms with E-state index >= 15 is 0 Å². The van der Waals surface area contributed by atoms with E-state index in [9.17, 15) is 4.39 Å². The Labute approximate surface area is 93.1 Å². The van der Waals surface area contributed by atoms with Crippen molar-refractivity contribution >= 4 is 5.82 Å². The van der Waals surface area contributed by atoms with Crippen LogP contribution in [0, 0.1) is 0 Å². The number of hydrogen-bond donors (Lipinski definition) is 1. The van der Waals surface area contributed by atoms with Gasteiger partial charge in [0.25, 0.3) is 0 Å². The molecule has 4 heteroatoms. The summed E-state index contributed by atoms with van der Waals surface area (Å²) in [6.45, 7) is 3.04. The fourth-order valence-corrected chi connectivity index (χ4v) is 1.46. The molecule has 0 radical (unpaired) electrons. The average molecular weight is 220 g/mol. The van der Waals surface area contributed by atoms with E-state index in [0.29, 0.717) is 17.1 Å².